The molecule has 2 rings (SSSR count). The molecule has 0 aliphatic carbocycles. The fraction of sp³-hybridized carbons (Fsp3) is 0.588. The summed E-state index contributed by atoms with van der Waals surface area (Å²) in [6.07, 6.45) is -2.31. The molecule has 0 spiro atoms. The van der Waals surface area contributed by atoms with Crippen molar-refractivity contribution in [3.8, 4) is 0 Å². The zero-order valence-electron chi connectivity index (χ0n) is 13.6. The van der Waals surface area contributed by atoms with Gasteiger partial charge in [0.2, 0.25) is 5.91 Å². The van der Waals surface area contributed by atoms with E-state index in [9.17, 15) is 22.4 Å². The number of halogens is 4. The summed E-state index contributed by atoms with van der Waals surface area (Å²) in [6.45, 7) is -1.19. The summed E-state index contributed by atoms with van der Waals surface area (Å²) in [7, 11) is 0. The average molecular weight is 363 g/mol. The first-order chi connectivity index (χ1) is 11.8. The van der Waals surface area contributed by atoms with Crippen LogP contribution >= 0.6 is 0 Å². The first-order valence-corrected chi connectivity index (χ1v) is 8.02. The molecule has 140 valence electrons. The quantitative estimate of drug-likeness (QED) is 0.722. The van der Waals surface area contributed by atoms with Crippen molar-refractivity contribution in [1.82, 2.24) is 4.90 Å². The third-order valence-corrected chi connectivity index (χ3v) is 4.18. The third kappa shape index (κ3) is 5.67. The highest BCUT2D eigenvalue weighted by Gasteiger charge is 2.41. The number of hydrogen-bond acceptors (Lipinski definition) is 3. The Hall–Kier alpha value is -1.67. The van der Waals surface area contributed by atoms with E-state index >= 15 is 0 Å². The fourth-order valence-corrected chi connectivity index (χ4v) is 2.84. The van der Waals surface area contributed by atoms with Crippen molar-refractivity contribution in [3.05, 3.63) is 35.4 Å². The van der Waals surface area contributed by atoms with Gasteiger partial charge in [-0.2, -0.15) is 8.78 Å². The summed E-state index contributed by atoms with van der Waals surface area (Å²) < 4.78 is 53.9. The van der Waals surface area contributed by atoms with E-state index in [-0.39, 0.29) is 12.5 Å². The molecule has 1 fully saturated rings. The Morgan fingerprint density at radius 3 is 2.76 bits per heavy atom. The lowest BCUT2D eigenvalue weighted by atomic mass is 9.97. The smallest absolute Gasteiger partial charge is 0.330 e. The number of ether oxygens (including phenoxy) is 1. The maximum Gasteiger partial charge on any atom is 0.330 e. The van der Waals surface area contributed by atoms with Crippen molar-refractivity contribution in [2.24, 2.45) is 5.92 Å². The Morgan fingerprint density at radius 1 is 1.36 bits per heavy atom. The normalized spacial score (nSPS) is 18.2. The molecule has 0 bridgehead atoms. The van der Waals surface area contributed by atoms with Crippen LogP contribution in [0.1, 0.15) is 17.5 Å². The number of nitrogens with zero attached hydrogens (tertiary/aromatic N) is 1. The molecular weight excluding hydrogens is 342 g/mol. The summed E-state index contributed by atoms with van der Waals surface area (Å²) in [5.41, 5.74) is 1.87. The van der Waals surface area contributed by atoms with Crippen LogP contribution < -0.4 is 0 Å². The standard InChI is InChI=1S/C17H21F4NO3/c18-16(19)17(20,21)11-25-10-15(24)22-5-4-13(8-22)6-12-2-1-3-14(7-12)9-23/h1-3,7,13,16,23H,4-6,8-11H2. The summed E-state index contributed by atoms with van der Waals surface area (Å²) >= 11 is 0. The molecule has 1 heterocycles. The second-order valence-electron chi connectivity index (χ2n) is 6.23. The van der Waals surface area contributed by atoms with Gasteiger partial charge in [0, 0.05) is 13.1 Å². The summed E-state index contributed by atoms with van der Waals surface area (Å²) in [5.74, 6) is -4.50. The molecule has 1 aromatic carbocycles. The van der Waals surface area contributed by atoms with Crippen molar-refractivity contribution in [2.75, 3.05) is 26.3 Å². The zero-order chi connectivity index (χ0) is 18.4. The Kier molecular flexibility index (Phi) is 6.78. The van der Waals surface area contributed by atoms with Gasteiger partial charge in [0.25, 0.3) is 0 Å². The van der Waals surface area contributed by atoms with Crippen LogP contribution in [0, 0.1) is 5.92 Å². The first-order valence-electron chi connectivity index (χ1n) is 8.02. The van der Waals surface area contributed by atoms with Crippen LogP contribution in [0.15, 0.2) is 24.3 Å². The van der Waals surface area contributed by atoms with Crippen LogP contribution in [0.3, 0.4) is 0 Å². The molecule has 1 N–H and O–H groups in total. The number of hydrogen-bond donors (Lipinski definition) is 1. The largest absolute Gasteiger partial charge is 0.392 e. The second-order valence-corrected chi connectivity index (χ2v) is 6.23. The van der Waals surface area contributed by atoms with E-state index < -0.39 is 31.5 Å². The molecule has 4 nitrogen and oxygen atoms in total. The van der Waals surface area contributed by atoms with Crippen LogP contribution in [0.25, 0.3) is 0 Å². The molecule has 1 atom stereocenters. The van der Waals surface area contributed by atoms with Gasteiger partial charge in [-0.25, -0.2) is 8.78 Å². The molecular formula is C17H21F4NO3. The van der Waals surface area contributed by atoms with Gasteiger partial charge in [-0.15, -0.1) is 0 Å². The monoisotopic (exact) mass is 363 g/mol. The van der Waals surface area contributed by atoms with Gasteiger partial charge in [0.1, 0.15) is 13.2 Å². The van der Waals surface area contributed by atoms with E-state index in [0.717, 1.165) is 24.0 Å². The number of likely N-dealkylation sites (tertiary alicyclic amines) is 1. The number of aliphatic hydroxyl groups is 1. The number of aliphatic hydroxyl groups excluding tert-OH is 1. The molecule has 1 aliphatic rings. The van der Waals surface area contributed by atoms with Crippen LogP contribution in [0.5, 0.6) is 0 Å². The van der Waals surface area contributed by atoms with Crippen molar-refractivity contribution >= 4 is 5.91 Å². The van der Waals surface area contributed by atoms with Crippen molar-refractivity contribution in [2.45, 2.75) is 31.8 Å². The van der Waals surface area contributed by atoms with E-state index in [2.05, 4.69) is 4.74 Å². The minimum atomic E-state index is -4.24. The lowest BCUT2D eigenvalue weighted by Crippen LogP contribution is -2.36. The van der Waals surface area contributed by atoms with Crippen molar-refractivity contribution < 1.29 is 32.2 Å². The van der Waals surface area contributed by atoms with Crippen molar-refractivity contribution in [3.63, 3.8) is 0 Å². The van der Waals surface area contributed by atoms with Gasteiger partial charge < -0.3 is 14.7 Å². The average Bonchev–Trinajstić information content (AvgIpc) is 3.03. The number of carbonyl (C=O) groups is 1. The van der Waals surface area contributed by atoms with E-state index in [1.54, 1.807) is 0 Å². The lowest BCUT2D eigenvalue weighted by Gasteiger charge is -2.19. The Bertz CT molecular complexity index is 583. The van der Waals surface area contributed by atoms with E-state index in [4.69, 9.17) is 5.11 Å². The highest BCUT2D eigenvalue weighted by atomic mass is 19.3. The maximum atomic E-state index is 12.7. The molecule has 1 amide bonds. The molecule has 1 unspecified atom stereocenters. The molecule has 1 saturated heterocycles. The van der Waals surface area contributed by atoms with Gasteiger partial charge in [-0.05, 0) is 29.9 Å². The summed E-state index contributed by atoms with van der Waals surface area (Å²) in [4.78, 5) is 13.4. The maximum absolute atomic E-state index is 12.7. The van der Waals surface area contributed by atoms with Crippen molar-refractivity contribution in [1.29, 1.82) is 0 Å². The fourth-order valence-electron chi connectivity index (χ4n) is 2.84. The topological polar surface area (TPSA) is 49.8 Å². The first kappa shape index (κ1) is 19.7. The highest BCUT2D eigenvalue weighted by molar-refractivity contribution is 5.77. The molecule has 25 heavy (non-hydrogen) atoms. The lowest BCUT2D eigenvalue weighted by molar-refractivity contribution is -0.170. The van der Waals surface area contributed by atoms with Gasteiger partial charge >= 0.3 is 12.3 Å². The molecule has 1 aliphatic heterocycles. The molecule has 0 aromatic heterocycles. The molecule has 0 radical (unpaired) electrons. The summed E-state index contributed by atoms with van der Waals surface area (Å²) in [5, 5.41) is 9.14. The Balaban J connectivity index is 1.77. The Morgan fingerprint density at radius 2 is 2.08 bits per heavy atom. The van der Waals surface area contributed by atoms with Crippen LogP contribution in [0.4, 0.5) is 17.6 Å². The number of carbonyl (C=O) groups excluding carboxylic acids is 1. The van der Waals surface area contributed by atoms with E-state index in [0.29, 0.717) is 13.1 Å². The Labute approximate surface area is 143 Å². The number of amides is 1. The number of benzene rings is 1. The number of rotatable bonds is 8. The van der Waals surface area contributed by atoms with Gasteiger partial charge in [0.15, 0.2) is 0 Å². The molecule has 1 aromatic rings. The highest BCUT2D eigenvalue weighted by Crippen LogP contribution is 2.24. The van der Waals surface area contributed by atoms with Gasteiger partial charge in [-0.3, -0.25) is 4.79 Å². The minimum absolute atomic E-state index is 0.0380. The predicted molar refractivity (Wildman–Crippen MR) is 82.5 cm³/mol. The molecule has 8 heteroatoms. The van der Waals surface area contributed by atoms with E-state index in [1.165, 1.54) is 4.90 Å². The summed E-state index contributed by atoms with van der Waals surface area (Å²) in [6, 6.07) is 7.52. The number of alkyl halides is 4. The zero-order valence-corrected chi connectivity index (χ0v) is 13.6. The third-order valence-electron chi connectivity index (χ3n) is 4.18. The second kappa shape index (κ2) is 8.62. The van der Waals surface area contributed by atoms with Crippen LogP contribution in [-0.2, 0) is 22.6 Å². The predicted octanol–water partition coefficient (Wildman–Crippen LogP) is 2.49. The van der Waals surface area contributed by atoms with Crippen LogP contribution in [0.2, 0.25) is 0 Å². The van der Waals surface area contributed by atoms with Gasteiger partial charge in [-0.1, -0.05) is 24.3 Å². The van der Waals surface area contributed by atoms with Gasteiger partial charge in [0.05, 0.1) is 6.61 Å². The SMILES string of the molecule is O=C(COCC(F)(F)C(F)F)N1CCC(Cc2cccc(CO)c2)C1. The van der Waals surface area contributed by atoms with Crippen LogP contribution in [-0.4, -0.2) is 54.6 Å². The minimum Gasteiger partial charge on any atom is -0.392 e. The van der Waals surface area contributed by atoms with E-state index in [1.807, 2.05) is 24.3 Å². The molecule has 0 saturated carbocycles.